The van der Waals surface area contributed by atoms with Crippen molar-refractivity contribution in [2.24, 2.45) is 0 Å². The van der Waals surface area contributed by atoms with Gasteiger partial charge in [0.1, 0.15) is 5.82 Å². The van der Waals surface area contributed by atoms with Crippen LogP contribution in [0.5, 0.6) is 0 Å². The van der Waals surface area contributed by atoms with Crippen LogP contribution in [-0.2, 0) is 6.42 Å². The number of rotatable bonds is 3. The lowest BCUT2D eigenvalue weighted by Crippen LogP contribution is -2.01. The first kappa shape index (κ1) is 11.0. The quantitative estimate of drug-likeness (QED) is 0.741. The fraction of sp³-hybridized carbons (Fsp3) is 0.154. The molecule has 0 saturated carbocycles. The van der Waals surface area contributed by atoms with Gasteiger partial charge in [-0.15, -0.1) is 11.3 Å². The maximum absolute atomic E-state index is 12.9. The molecule has 1 heterocycles. The standard InChI is InChI=1S/C13H11FOS/c1-9-5-6-13(16-9)12(15)8-10-3-2-4-11(14)7-10/h2-7H,8H2,1H3. The third-order valence-electron chi connectivity index (χ3n) is 2.27. The second-order valence-corrected chi connectivity index (χ2v) is 4.93. The summed E-state index contributed by atoms with van der Waals surface area (Å²) in [5.41, 5.74) is 0.719. The van der Waals surface area contributed by atoms with Crippen LogP contribution in [0.15, 0.2) is 36.4 Å². The molecular weight excluding hydrogens is 223 g/mol. The predicted molar refractivity (Wildman–Crippen MR) is 63.5 cm³/mol. The first-order chi connectivity index (χ1) is 7.65. The van der Waals surface area contributed by atoms with Gasteiger partial charge in [-0.2, -0.15) is 0 Å². The molecule has 0 aliphatic rings. The van der Waals surface area contributed by atoms with Gasteiger partial charge in [-0.25, -0.2) is 4.39 Å². The molecule has 2 aromatic rings. The van der Waals surface area contributed by atoms with Gasteiger partial charge in [-0.3, -0.25) is 4.79 Å². The van der Waals surface area contributed by atoms with Crippen molar-refractivity contribution >= 4 is 17.1 Å². The summed E-state index contributed by atoms with van der Waals surface area (Å²) >= 11 is 1.48. The minimum atomic E-state index is -0.298. The highest BCUT2D eigenvalue weighted by Crippen LogP contribution is 2.17. The van der Waals surface area contributed by atoms with E-state index in [9.17, 15) is 9.18 Å². The number of aryl methyl sites for hydroxylation is 1. The maximum atomic E-state index is 12.9. The van der Waals surface area contributed by atoms with Crippen LogP contribution in [-0.4, -0.2) is 5.78 Å². The Hall–Kier alpha value is -1.48. The average molecular weight is 234 g/mol. The highest BCUT2D eigenvalue weighted by Gasteiger charge is 2.09. The zero-order valence-electron chi connectivity index (χ0n) is 8.87. The van der Waals surface area contributed by atoms with Crippen molar-refractivity contribution in [3.8, 4) is 0 Å². The van der Waals surface area contributed by atoms with Crippen molar-refractivity contribution in [2.75, 3.05) is 0 Å². The average Bonchev–Trinajstić information content (AvgIpc) is 2.65. The lowest BCUT2D eigenvalue weighted by molar-refractivity contribution is 0.0997. The van der Waals surface area contributed by atoms with Crippen molar-refractivity contribution in [1.82, 2.24) is 0 Å². The Labute approximate surface area is 97.6 Å². The molecule has 0 atom stereocenters. The molecule has 0 saturated heterocycles. The monoisotopic (exact) mass is 234 g/mol. The Morgan fingerprint density at radius 3 is 2.75 bits per heavy atom. The topological polar surface area (TPSA) is 17.1 Å². The van der Waals surface area contributed by atoms with Gasteiger partial charge in [-0.1, -0.05) is 12.1 Å². The molecular formula is C13H11FOS. The second-order valence-electron chi connectivity index (χ2n) is 3.64. The molecule has 0 N–H and O–H groups in total. The normalized spacial score (nSPS) is 10.4. The van der Waals surface area contributed by atoms with E-state index in [1.807, 2.05) is 19.1 Å². The molecule has 0 fully saturated rings. The number of carbonyl (C=O) groups excluding carboxylic acids is 1. The van der Waals surface area contributed by atoms with Crippen LogP contribution in [0.3, 0.4) is 0 Å². The van der Waals surface area contributed by atoms with Gasteiger partial charge < -0.3 is 0 Å². The first-order valence-corrected chi connectivity index (χ1v) is 5.81. The van der Waals surface area contributed by atoms with E-state index >= 15 is 0 Å². The number of ketones is 1. The van der Waals surface area contributed by atoms with Gasteiger partial charge in [0, 0.05) is 11.3 Å². The molecule has 0 amide bonds. The van der Waals surface area contributed by atoms with E-state index in [1.165, 1.54) is 23.5 Å². The van der Waals surface area contributed by atoms with Crippen molar-refractivity contribution in [3.05, 3.63) is 57.5 Å². The lowest BCUT2D eigenvalue weighted by Gasteiger charge is -1.99. The van der Waals surface area contributed by atoms with Crippen LogP contribution < -0.4 is 0 Å². The minimum Gasteiger partial charge on any atom is -0.293 e. The number of Topliss-reactive ketones (excluding diaryl/α,β-unsaturated/α-hetero) is 1. The molecule has 1 aromatic heterocycles. The summed E-state index contributed by atoms with van der Waals surface area (Å²) in [6.07, 6.45) is 0.262. The summed E-state index contributed by atoms with van der Waals surface area (Å²) in [4.78, 5) is 13.7. The largest absolute Gasteiger partial charge is 0.293 e. The van der Waals surface area contributed by atoms with Crippen LogP contribution in [0.4, 0.5) is 4.39 Å². The molecule has 82 valence electrons. The van der Waals surface area contributed by atoms with Gasteiger partial charge >= 0.3 is 0 Å². The van der Waals surface area contributed by atoms with E-state index in [1.54, 1.807) is 12.1 Å². The Morgan fingerprint density at radius 2 is 2.12 bits per heavy atom. The summed E-state index contributed by atoms with van der Waals surface area (Å²) in [6.45, 7) is 1.96. The number of halogens is 1. The third-order valence-corrected chi connectivity index (χ3v) is 3.31. The summed E-state index contributed by atoms with van der Waals surface area (Å²) in [7, 11) is 0. The molecule has 0 aliphatic carbocycles. The van der Waals surface area contributed by atoms with Gasteiger partial charge in [0.2, 0.25) is 0 Å². The molecule has 1 aromatic carbocycles. The van der Waals surface area contributed by atoms with Crippen LogP contribution in [0.2, 0.25) is 0 Å². The molecule has 0 radical (unpaired) electrons. The summed E-state index contributed by atoms with van der Waals surface area (Å²) < 4.78 is 12.9. The van der Waals surface area contributed by atoms with Gasteiger partial charge in [0.05, 0.1) is 4.88 Å². The van der Waals surface area contributed by atoms with Gasteiger partial charge in [0.15, 0.2) is 5.78 Å². The summed E-state index contributed by atoms with van der Waals surface area (Å²) in [5.74, 6) is -0.253. The Balaban J connectivity index is 2.13. The number of hydrogen-bond donors (Lipinski definition) is 0. The maximum Gasteiger partial charge on any atom is 0.177 e. The summed E-state index contributed by atoms with van der Waals surface area (Å²) in [6, 6.07) is 9.91. The molecule has 0 aliphatic heterocycles. The molecule has 0 bridgehead atoms. The Morgan fingerprint density at radius 1 is 1.31 bits per heavy atom. The van der Waals surface area contributed by atoms with E-state index < -0.39 is 0 Å². The third kappa shape index (κ3) is 2.55. The van der Waals surface area contributed by atoms with Crippen LogP contribution in [0, 0.1) is 12.7 Å². The van der Waals surface area contributed by atoms with Gasteiger partial charge in [-0.05, 0) is 36.8 Å². The Kier molecular flexibility index (Phi) is 3.15. The predicted octanol–water partition coefficient (Wildman–Crippen LogP) is 3.62. The molecule has 1 nitrogen and oxygen atoms in total. The van der Waals surface area contributed by atoms with Crippen molar-refractivity contribution in [1.29, 1.82) is 0 Å². The van der Waals surface area contributed by atoms with Crippen molar-refractivity contribution < 1.29 is 9.18 Å². The number of thiophene rings is 1. The minimum absolute atomic E-state index is 0.0451. The zero-order valence-corrected chi connectivity index (χ0v) is 9.68. The van der Waals surface area contributed by atoms with E-state index in [0.717, 1.165) is 15.3 Å². The highest BCUT2D eigenvalue weighted by molar-refractivity contribution is 7.14. The first-order valence-electron chi connectivity index (χ1n) is 4.99. The van der Waals surface area contributed by atoms with Crippen molar-refractivity contribution in [2.45, 2.75) is 13.3 Å². The zero-order chi connectivity index (χ0) is 11.5. The highest BCUT2D eigenvalue weighted by atomic mass is 32.1. The van der Waals surface area contributed by atoms with Gasteiger partial charge in [0.25, 0.3) is 0 Å². The van der Waals surface area contributed by atoms with E-state index in [0.29, 0.717) is 0 Å². The van der Waals surface area contributed by atoms with E-state index in [4.69, 9.17) is 0 Å². The number of benzene rings is 1. The van der Waals surface area contributed by atoms with Crippen LogP contribution >= 0.6 is 11.3 Å². The summed E-state index contributed by atoms with van der Waals surface area (Å²) in [5, 5.41) is 0. The molecule has 2 rings (SSSR count). The molecule has 0 unspecified atom stereocenters. The van der Waals surface area contributed by atoms with Crippen LogP contribution in [0.1, 0.15) is 20.1 Å². The second kappa shape index (κ2) is 4.58. The van der Waals surface area contributed by atoms with E-state index in [2.05, 4.69) is 0 Å². The fourth-order valence-electron chi connectivity index (χ4n) is 1.50. The van der Waals surface area contributed by atoms with E-state index in [-0.39, 0.29) is 18.0 Å². The lowest BCUT2D eigenvalue weighted by atomic mass is 10.1. The Bertz CT molecular complexity index is 516. The number of hydrogen-bond acceptors (Lipinski definition) is 2. The number of carbonyl (C=O) groups is 1. The van der Waals surface area contributed by atoms with Crippen molar-refractivity contribution in [3.63, 3.8) is 0 Å². The molecule has 3 heteroatoms. The molecule has 16 heavy (non-hydrogen) atoms. The fourth-order valence-corrected chi connectivity index (χ4v) is 2.31. The smallest absolute Gasteiger partial charge is 0.177 e. The SMILES string of the molecule is Cc1ccc(C(=O)Cc2cccc(F)c2)s1. The van der Waals surface area contributed by atoms with Crippen LogP contribution in [0.25, 0.3) is 0 Å². The molecule has 0 spiro atoms.